The summed E-state index contributed by atoms with van der Waals surface area (Å²) in [5, 5.41) is 0. The molecule has 6 N–H and O–H groups in total. The van der Waals surface area contributed by atoms with Crippen LogP contribution in [-0.2, 0) is 0 Å². The summed E-state index contributed by atoms with van der Waals surface area (Å²) in [4.78, 5) is 5.16. The van der Waals surface area contributed by atoms with Crippen LogP contribution in [0.25, 0.3) is 0 Å². The molecule has 0 aromatic rings. The standard InChI is InChI=1S/C21H49N5/c1-2-3-16-25(19-10-13-22)17-8-6-4-5-7-9-18-26(20-11-14-23)21-12-15-24/h2-24H2,1H3. The van der Waals surface area contributed by atoms with Crippen molar-refractivity contribution in [2.75, 3.05) is 58.9 Å². The highest BCUT2D eigenvalue weighted by atomic mass is 15.1. The second kappa shape index (κ2) is 21.1. The predicted molar refractivity (Wildman–Crippen MR) is 117 cm³/mol. The van der Waals surface area contributed by atoms with Gasteiger partial charge >= 0.3 is 0 Å². The Hall–Kier alpha value is -0.200. The molecule has 0 aromatic heterocycles. The number of nitrogens with two attached hydrogens (primary N) is 3. The lowest BCUT2D eigenvalue weighted by molar-refractivity contribution is 0.258. The molecule has 0 aliphatic carbocycles. The average Bonchev–Trinajstić information content (AvgIpc) is 2.66. The monoisotopic (exact) mass is 371 g/mol. The van der Waals surface area contributed by atoms with Gasteiger partial charge in [0.25, 0.3) is 0 Å². The van der Waals surface area contributed by atoms with E-state index in [-0.39, 0.29) is 0 Å². The molecule has 0 amide bonds. The van der Waals surface area contributed by atoms with Gasteiger partial charge in [-0.15, -0.1) is 0 Å². The van der Waals surface area contributed by atoms with Gasteiger partial charge in [-0.05, 0) is 97.4 Å². The summed E-state index contributed by atoms with van der Waals surface area (Å²) in [5.41, 5.74) is 16.9. The number of hydrogen-bond donors (Lipinski definition) is 3. The molecule has 5 nitrogen and oxygen atoms in total. The zero-order chi connectivity index (χ0) is 19.3. The van der Waals surface area contributed by atoms with Crippen molar-refractivity contribution < 1.29 is 0 Å². The predicted octanol–water partition coefficient (Wildman–Crippen LogP) is 2.78. The van der Waals surface area contributed by atoms with Gasteiger partial charge in [-0.25, -0.2) is 0 Å². The van der Waals surface area contributed by atoms with Crippen molar-refractivity contribution >= 4 is 0 Å². The number of rotatable bonds is 21. The Labute approximate surface area is 164 Å². The van der Waals surface area contributed by atoms with E-state index in [4.69, 9.17) is 17.2 Å². The molecule has 0 aromatic carbocycles. The van der Waals surface area contributed by atoms with Gasteiger partial charge in [0.15, 0.2) is 0 Å². The van der Waals surface area contributed by atoms with Crippen molar-refractivity contribution in [3.05, 3.63) is 0 Å². The minimum absolute atomic E-state index is 0.791. The van der Waals surface area contributed by atoms with Gasteiger partial charge < -0.3 is 27.0 Å². The molecular weight excluding hydrogens is 322 g/mol. The summed E-state index contributed by atoms with van der Waals surface area (Å²) >= 11 is 0. The van der Waals surface area contributed by atoms with E-state index in [0.717, 1.165) is 52.0 Å². The molecule has 0 aliphatic heterocycles. The zero-order valence-electron chi connectivity index (χ0n) is 17.8. The summed E-state index contributed by atoms with van der Waals surface area (Å²) in [6.07, 6.45) is 14.1. The Morgan fingerprint density at radius 3 is 1.08 bits per heavy atom. The van der Waals surface area contributed by atoms with Crippen LogP contribution in [0.5, 0.6) is 0 Å². The molecule has 0 rings (SSSR count). The Balaban J connectivity index is 3.64. The maximum Gasteiger partial charge on any atom is -0.000671 e. The Bertz CT molecular complexity index is 221. The van der Waals surface area contributed by atoms with Gasteiger partial charge in [-0.2, -0.15) is 0 Å². The van der Waals surface area contributed by atoms with Gasteiger partial charge in [0.2, 0.25) is 0 Å². The van der Waals surface area contributed by atoms with Crippen LogP contribution in [-0.4, -0.2) is 68.7 Å². The van der Waals surface area contributed by atoms with Gasteiger partial charge in [0.1, 0.15) is 0 Å². The van der Waals surface area contributed by atoms with Crippen molar-refractivity contribution in [1.29, 1.82) is 0 Å². The first kappa shape index (κ1) is 25.8. The van der Waals surface area contributed by atoms with Crippen LogP contribution in [0, 0.1) is 0 Å². The van der Waals surface area contributed by atoms with Crippen LogP contribution in [0.15, 0.2) is 0 Å². The second-order valence-corrected chi connectivity index (χ2v) is 7.58. The van der Waals surface area contributed by atoms with E-state index in [9.17, 15) is 0 Å². The van der Waals surface area contributed by atoms with Crippen LogP contribution in [0.4, 0.5) is 0 Å². The van der Waals surface area contributed by atoms with Crippen molar-refractivity contribution in [2.45, 2.75) is 77.6 Å². The zero-order valence-corrected chi connectivity index (χ0v) is 17.8. The Morgan fingerprint density at radius 2 is 0.731 bits per heavy atom. The highest BCUT2D eigenvalue weighted by Gasteiger charge is 2.05. The molecule has 0 bridgehead atoms. The first-order chi connectivity index (χ1) is 12.8. The van der Waals surface area contributed by atoms with Crippen LogP contribution in [0.2, 0.25) is 0 Å². The molecular formula is C21H49N5. The molecule has 0 heterocycles. The minimum Gasteiger partial charge on any atom is -0.330 e. The average molecular weight is 372 g/mol. The summed E-state index contributed by atoms with van der Waals surface area (Å²) in [6, 6.07) is 0. The van der Waals surface area contributed by atoms with Crippen LogP contribution < -0.4 is 17.2 Å². The molecule has 0 fully saturated rings. The topological polar surface area (TPSA) is 84.5 Å². The fraction of sp³-hybridized carbons (Fsp3) is 1.00. The molecule has 0 saturated carbocycles. The van der Waals surface area contributed by atoms with Crippen molar-refractivity contribution in [2.24, 2.45) is 17.2 Å². The maximum atomic E-state index is 5.66. The van der Waals surface area contributed by atoms with E-state index in [2.05, 4.69) is 16.7 Å². The Kier molecular flexibility index (Phi) is 20.9. The van der Waals surface area contributed by atoms with Gasteiger partial charge in [-0.1, -0.05) is 39.0 Å². The summed E-state index contributed by atoms with van der Waals surface area (Å²) in [7, 11) is 0. The summed E-state index contributed by atoms with van der Waals surface area (Å²) in [6.45, 7) is 11.8. The second-order valence-electron chi connectivity index (χ2n) is 7.58. The lowest BCUT2D eigenvalue weighted by atomic mass is 10.1. The number of nitrogens with zero attached hydrogens (tertiary/aromatic N) is 2. The minimum atomic E-state index is 0.791. The number of unbranched alkanes of at least 4 members (excludes halogenated alkanes) is 6. The van der Waals surface area contributed by atoms with Crippen molar-refractivity contribution in [1.82, 2.24) is 9.80 Å². The fourth-order valence-electron chi connectivity index (χ4n) is 3.38. The van der Waals surface area contributed by atoms with Gasteiger partial charge in [0.05, 0.1) is 0 Å². The highest BCUT2D eigenvalue weighted by molar-refractivity contribution is 4.61. The molecule has 158 valence electrons. The van der Waals surface area contributed by atoms with Crippen LogP contribution in [0.3, 0.4) is 0 Å². The summed E-state index contributed by atoms with van der Waals surface area (Å²) in [5.74, 6) is 0. The largest absolute Gasteiger partial charge is 0.330 e. The van der Waals surface area contributed by atoms with Crippen molar-refractivity contribution in [3.8, 4) is 0 Å². The highest BCUT2D eigenvalue weighted by Crippen LogP contribution is 2.08. The normalized spacial score (nSPS) is 11.8. The molecule has 0 saturated heterocycles. The maximum absolute atomic E-state index is 5.66. The molecule has 0 aliphatic rings. The third-order valence-electron chi connectivity index (χ3n) is 5.06. The summed E-state index contributed by atoms with van der Waals surface area (Å²) < 4.78 is 0. The first-order valence-electron chi connectivity index (χ1n) is 11.3. The number of hydrogen-bond acceptors (Lipinski definition) is 5. The fourth-order valence-corrected chi connectivity index (χ4v) is 3.38. The molecule has 0 radical (unpaired) electrons. The van der Waals surface area contributed by atoms with Crippen LogP contribution >= 0.6 is 0 Å². The van der Waals surface area contributed by atoms with E-state index in [1.54, 1.807) is 0 Å². The first-order valence-corrected chi connectivity index (χ1v) is 11.3. The van der Waals surface area contributed by atoms with Gasteiger partial charge in [-0.3, -0.25) is 0 Å². The quantitative estimate of drug-likeness (QED) is 0.270. The van der Waals surface area contributed by atoms with E-state index < -0.39 is 0 Å². The Morgan fingerprint density at radius 1 is 0.423 bits per heavy atom. The molecule has 5 heteroatoms. The SMILES string of the molecule is CCCCN(CCCN)CCCCCCCCN(CCCN)CCCN. The van der Waals surface area contributed by atoms with Crippen LogP contribution in [0.1, 0.15) is 77.6 Å². The molecule has 0 spiro atoms. The van der Waals surface area contributed by atoms with E-state index >= 15 is 0 Å². The van der Waals surface area contributed by atoms with Gasteiger partial charge in [0, 0.05) is 0 Å². The lowest BCUT2D eigenvalue weighted by Gasteiger charge is -2.22. The third kappa shape index (κ3) is 17.2. The lowest BCUT2D eigenvalue weighted by Crippen LogP contribution is -2.29. The van der Waals surface area contributed by atoms with E-state index in [1.807, 2.05) is 0 Å². The molecule has 26 heavy (non-hydrogen) atoms. The molecule has 0 atom stereocenters. The van der Waals surface area contributed by atoms with Crippen molar-refractivity contribution in [3.63, 3.8) is 0 Å². The van der Waals surface area contributed by atoms with E-state index in [0.29, 0.717) is 0 Å². The third-order valence-corrected chi connectivity index (χ3v) is 5.06. The molecule has 0 unspecified atom stereocenters. The smallest absolute Gasteiger partial charge is 0.000671 e. The van der Waals surface area contributed by atoms with E-state index in [1.165, 1.54) is 77.5 Å².